The van der Waals surface area contributed by atoms with E-state index in [0.29, 0.717) is 109 Å². The van der Waals surface area contributed by atoms with Crippen LogP contribution < -0.4 is 38.8 Å². The molecule has 4 aliphatic heterocycles. The molecular weight excluding hydrogens is 831 g/mol. The van der Waals surface area contributed by atoms with Crippen LogP contribution in [0.5, 0.6) is 28.7 Å². The summed E-state index contributed by atoms with van der Waals surface area (Å²) in [4.78, 5) is 53.4. The zero-order valence-corrected chi connectivity index (χ0v) is 36.6. The minimum Gasteiger partial charge on any atom is -0.494 e. The zero-order chi connectivity index (χ0) is 44.2. The number of para-hydroxylation sites is 2. The van der Waals surface area contributed by atoms with Gasteiger partial charge in [0, 0.05) is 67.5 Å². The van der Waals surface area contributed by atoms with Crippen molar-refractivity contribution in [3.05, 3.63) is 124 Å². The molecule has 2 amide bonds. The van der Waals surface area contributed by atoms with Gasteiger partial charge in [-0.15, -0.1) is 0 Å². The normalized spacial score (nSPS) is 16.5. The highest BCUT2D eigenvalue weighted by atomic mass is 32.1. The fraction of sp³-hybridized carbons (Fsp3) is 0.300. The minimum atomic E-state index is -0.187. The lowest BCUT2D eigenvalue weighted by Crippen LogP contribution is -2.37. The van der Waals surface area contributed by atoms with E-state index in [2.05, 4.69) is 17.9 Å². The number of carbonyl (C=O) groups is 3. The Balaban J connectivity index is 0.936. The van der Waals surface area contributed by atoms with Crippen molar-refractivity contribution in [2.45, 2.75) is 57.4 Å². The number of fused-ring (bicyclic) bond motifs is 8. The van der Waals surface area contributed by atoms with Gasteiger partial charge in [0.15, 0.2) is 23.0 Å². The van der Waals surface area contributed by atoms with Crippen molar-refractivity contribution in [3.8, 4) is 28.7 Å². The van der Waals surface area contributed by atoms with Crippen LogP contribution in [0.15, 0.2) is 101 Å². The van der Waals surface area contributed by atoms with E-state index in [4.69, 9.17) is 33.7 Å². The summed E-state index contributed by atoms with van der Waals surface area (Å²) < 4.78 is 30.6. The number of ether oxygens (including phenoxy) is 5. The van der Waals surface area contributed by atoms with Gasteiger partial charge in [0.05, 0.1) is 62.0 Å². The number of Topliss-reactive ketones (excluding diaryl/α,β-unsaturated/α-hetero) is 1. The number of anilines is 2. The van der Waals surface area contributed by atoms with E-state index in [9.17, 15) is 14.4 Å². The predicted octanol–water partition coefficient (Wildman–Crippen LogP) is 8.07. The molecule has 0 aliphatic carbocycles. The first-order valence-corrected chi connectivity index (χ1v) is 22.1. The molecule has 14 heteroatoms. The van der Waals surface area contributed by atoms with Crippen LogP contribution >= 0.6 is 12.6 Å². The Morgan fingerprint density at radius 1 is 0.688 bits per heavy atom. The van der Waals surface area contributed by atoms with Crippen molar-refractivity contribution in [3.63, 3.8) is 0 Å². The number of hydrogen-bond acceptors (Lipinski definition) is 12. The lowest BCUT2D eigenvalue weighted by atomic mass is 10.1. The van der Waals surface area contributed by atoms with E-state index in [1.165, 1.54) is 0 Å². The molecule has 0 bridgehead atoms. The van der Waals surface area contributed by atoms with Crippen LogP contribution in [0, 0.1) is 0 Å². The summed E-state index contributed by atoms with van der Waals surface area (Å²) in [6.45, 7) is 1.69. The third kappa shape index (κ3) is 8.80. The number of ketones is 1. The number of unbranched alkanes of at least 4 members (excludes halogenated alkanes) is 1. The van der Waals surface area contributed by atoms with Crippen molar-refractivity contribution < 1.29 is 38.1 Å². The number of nitrogens with zero attached hydrogens (tertiary/aromatic N) is 4. The number of amides is 2. The van der Waals surface area contributed by atoms with Crippen LogP contribution in [0.25, 0.3) is 0 Å². The van der Waals surface area contributed by atoms with Crippen molar-refractivity contribution in [1.29, 1.82) is 0 Å². The van der Waals surface area contributed by atoms with Gasteiger partial charge in [-0.2, -0.15) is 12.6 Å². The molecule has 13 nitrogen and oxygen atoms in total. The molecule has 0 radical (unpaired) electrons. The van der Waals surface area contributed by atoms with E-state index in [1.54, 1.807) is 48.3 Å². The minimum absolute atomic E-state index is 0.132. The molecule has 4 heterocycles. The van der Waals surface area contributed by atoms with Gasteiger partial charge in [0.2, 0.25) is 0 Å². The number of rotatable bonds is 18. The Hall–Kier alpha value is -6.64. The zero-order valence-electron chi connectivity index (χ0n) is 35.7. The molecule has 4 aliphatic rings. The Kier molecular flexibility index (Phi) is 12.7. The number of carbonyl (C=O) groups excluding carboxylic acids is 3. The summed E-state index contributed by atoms with van der Waals surface area (Å²) in [5, 5.41) is 3.09. The average molecular weight is 880 g/mol. The smallest absolute Gasteiger partial charge is 0.261 e. The molecule has 328 valence electrons. The summed E-state index contributed by atoms with van der Waals surface area (Å²) in [5.74, 6) is 2.81. The standard InChI is InChI=1S/C50H49N5O8S/c1-59-45-22-39-41(52-26-35-20-33-9-3-5-12-43(33)54(35)49(39)57)24-47(45)62-29-31-17-32(19-38(18-31)61-15-8-7-11-37(56)28-51-14-16-64)30-63-48-25-42-40(23-46(48)60-2)50(58)55-36(27-53-42)21-34-10-4-6-13-44(34)55/h3-6,9-10,12-13,17-19,22-27,35-36,51,64H,7-8,11,14-16,20-21,28-30H2,1-2H3/t35-,36-/m0/s1. The third-order valence-electron chi connectivity index (χ3n) is 11.8. The molecule has 0 spiro atoms. The van der Waals surface area contributed by atoms with Gasteiger partial charge >= 0.3 is 0 Å². The monoisotopic (exact) mass is 879 g/mol. The van der Waals surface area contributed by atoms with Gasteiger partial charge in [-0.3, -0.25) is 34.2 Å². The fourth-order valence-electron chi connectivity index (χ4n) is 8.69. The molecule has 5 aromatic carbocycles. The molecule has 2 atom stereocenters. The summed E-state index contributed by atoms with van der Waals surface area (Å²) in [6, 6.07) is 28.2. The largest absolute Gasteiger partial charge is 0.494 e. The van der Waals surface area contributed by atoms with Crippen molar-refractivity contribution in [1.82, 2.24) is 5.32 Å². The Labute approximate surface area is 377 Å². The molecule has 64 heavy (non-hydrogen) atoms. The second-order valence-corrected chi connectivity index (χ2v) is 16.5. The topological polar surface area (TPSA) is 141 Å². The highest BCUT2D eigenvalue weighted by Crippen LogP contribution is 2.43. The van der Waals surface area contributed by atoms with Crippen LogP contribution in [-0.4, -0.2) is 81.8 Å². The molecular formula is C50H49N5O8S. The maximum absolute atomic E-state index is 14.0. The van der Waals surface area contributed by atoms with Gasteiger partial charge < -0.3 is 29.0 Å². The Morgan fingerprint density at radius 3 is 1.73 bits per heavy atom. The van der Waals surface area contributed by atoms with Crippen LogP contribution in [0.2, 0.25) is 0 Å². The maximum atomic E-state index is 14.0. The highest BCUT2D eigenvalue weighted by Gasteiger charge is 2.38. The molecule has 9 rings (SSSR count). The van der Waals surface area contributed by atoms with E-state index >= 15 is 0 Å². The second-order valence-electron chi connectivity index (χ2n) is 16.1. The number of hydrogen-bond donors (Lipinski definition) is 2. The number of thiol groups is 1. The van der Waals surface area contributed by atoms with Crippen molar-refractivity contribution in [2.75, 3.05) is 49.5 Å². The molecule has 0 aromatic heterocycles. The van der Waals surface area contributed by atoms with E-state index < -0.39 is 0 Å². The highest BCUT2D eigenvalue weighted by molar-refractivity contribution is 7.80. The first-order valence-electron chi connectivity index (χ1n) is 21.5. The summed E-state index contributed by atoms with van der Waals surface area (Å²) >= 11 is 4.18. The average Bonchev–Trinajstić information content (AvgIpc) is 3.81. The van der Waals surface area contributed by atoms with Gasteiger partial charge in [-0.25, -0.2) is 0 Å². The molecule has 0 saturated carbocycles. The molecule has 0 fully saturated rings. The first kappa shape index (κ1) is 42.7. The first-order chi connectivity index (χ1) is 31.3. The van der Waals surface area contributed by atoms with Crippen molar-refractivity contribution in [2.24, 2.45) is 9.98 Å². The lowest BCUT2D eigenvalue weighted by molar-refractivity contribution is -0.118. The van der Waals surface area contributed by atoms with Crippen LogP contribution in [0.4, 0.5) is 22.7 Å². The van der Waals surface area contributed by atoms with Crippen LogP contribution in [-0.2, 0) is 30.8 Å². The van der Waals surface area contributed by atoms with Gasteiger partial charge in [0.25, 0.3) is 11.8 Å². The Morgan fingerprint density at radius 2 is 1.22 bits per heavy atom. The lowest BCUT2D eigenvalue weighted by Gasteiger charge is -2.22. The molecule has 5 aromatic rings. The number of benzene rings is 5. The quantitative estimate of drug-likeness (QED) is 0.0661. The maximum Gasteiger partial charge on any atom is 0.261 e. The molecule has 0 unspecified atom stereocenters. The van der Waals surface area contributed by atoms with Gasteiger partial charge in [0.1, 0.15) is 24.7 Å². The van der Waals surface area contributed by atoms with E-state index in [-0.39, 0.29) is 42.9 Å². The van der Waals surface area contributed by atoms with Gasteiger partial charge in [-0.1, -0.05) is 36.4 Å². The summed E-state index contributed by atoms with van der Waals surface area (Å²) in [5.41, 5.74) is 7.44. The SMILES string of the molecule is COc1cc2c(cc1OCc1cc(COc3cc4c(cc3OC)C(=O)N3c5ccccc5C[C@H]3C=N4)cc(OCCCCC(=O)CNCCS)c1)N=C[C@@H]1Cc3ccccc3N1C2=O. The van der Waals surface area contributed by atoms with Crippen LogP contribution in [0.3, 0.4) is 0 Å². The third-order valence-corrected chi connectivity index (χ3v) is 12.0. The number of nitrogens with one attached hydrogen (secondary N) is 1. The van der Waals surface area contributed by atoms with E-state index in [0.717, 1.165) is 33.6 Å². The molecule has 0 saturated heterocycles. The van der Waals surface area contributed by atoms with E-state index in [1.807, 2.05) is 79.2 Å². The number of methoxy groups -OCH3 is 2. The van der Waals surface area contributed by atoms with Crippen LogP contribution in [0.1, 0.15) is 62.2 Å². The van der Waals surface area contributed by atoms with Crippen molar-refractivity contribution >= 4 is 65.4 Å². The Bertz CT molecular complexity index is 2510. The fourth-order valence-corrected chi connectivity index (χ4v) is 8.85. The molecule has 1 N–H and O–H groups in total. The predicted molar refractivity (Wildman–Crippen MR) is 250 cm³/mol. The summed E-state index contributed by atoms with van der Waals surface area (Å²) in [6.07, 6.45) is 6.89. The number of aliphatic imine (C=N–C) groups is 2. The second kappa shape index (κ2) is 19.0. The summed E-state index contributed by atoms with van der Waals surface area (Å²) in [7, 11) is 3.09. The van der Waals surface area contributed by atoms with Gasteiger partial charge in [-0.05, 0) is 77.6 Å².